The van der Waals surface area contributed by atoms with E-state index in [9.17, 15) is 9.90 Å². The first-order valence-corrected chi connectivity index (χ1v) is 7.43. The Bertz CT molecular complexity index is 416. The summed E-state index contributed by atoms with van der Waals surface area (Å²) >= 11 is 0. The number of aliphatic hydroxyl groups excluding tert-OH is 1. The lowest BCUT2D eigenvalue weighted by atomic mass is 9.97. The summed E-state index contributed by atoms with van der Waals surface area (Å²) in [7, 11) is 1.60. The molecule has 0 bridgehead atoms. The van der Waals surface area contributed by atoms with Crippen molar-refractivity contribution in [3.05, 3.63) is 24.3 Å². The number of hydrogen-bond acceptors (Lipinski definition) is 4. The largest absolute Gasteiger partial charge is 0.497 e. The average Bonchev–Trinajstić information content (AvgIpc) is 2.49. The van der Waals surface area contributed by atoms with Gasteiger partial charge in [0.05, 0.1) is 19.8 Å². The number of nitrogens with one attached hydrogen (secondary N) is 2. The van der Waals surface area contributed by atoms with Crippen molar-refractivity contribution in [1.29, 1.82) is 0 Å². The van der Waals surface area contributed by atoms with E-state index in [1.807, 2.05) is 0 Å². The summed E-state index contributed by atoms with van der Waals surface area (Å²) < 4.78 is 5.06. The van der Waals surface area contributed by atoms with Crippen molar-refractivity contribution >= 4 is 11.6 Å². The van der Waals surface area contributed by atoms with Crippen LogP contribution in [0.1, 0.15) is 26.7 Å². The van der Waals surface area contributed by atoms with Crippen LogP contribution in [0, 0.1) is 5.92 Å². The molecule has 3 N–H and O–H groups in total. The summed E-state index contributed by atoms with van der Waals surface area (Å²) in [6, 6.07) is 7.16. The molecule has 1 amide bonds. The van der Waals surface area contributed by atoms with Crippen LogP contribution >= 0.6 is 0 Å². The molecule has 0 fully saturated rings. The molecule has 0 spiro atoms. The van der Waals surface area contributed by atoms with Gasteiger partial charge in [0.15, 0.2) is 0 Å². The molecule has 5 nitrogen and oxygen atoms in total. The van der Waals surface area contributed by atoms with Crippen LogP contribution in [0.25, 0.3) is 0 Å². The Hall–Kier alpha value is -1.59. The van der Waals surface area contributed by atoms with Gasteiger partial charge < -0.3 is 20.5 Å². The first kappa shape index (κ1) is 17.5. The maximum Gasteiger partial charge on any atom is 0.238 e. The first-order valence-electron chi connectivity index (χ1n) is 7.43. The highest BCUT2D eigenvalue weighted by Crippen LogP contribution is 2.15. The second-order valence-corrected chi connectivity index (χ2v) is 5.05. The minimum absolute atomic E-state index is 0.128. The van der Waals surface area contributed by atoms with Crippen molar-refractivity contribution in [1.82, 2.24) is 5.32 Å². The molecule has 5 heteroatoms. The number of anilines is 1. The summed E-state index contributed by atoms with van der Waals surface area (Å²) in [5, 5.41) is 15.7. The first-order chi connectivity index (χ1) is 10.1. The average molecular weight is 294 g/mol. The highest BCUT2D eigenvalue weighted by molar-refractivity contribution is 5.92. The standard InChI is InChI=1S/C16H26N2O3/c1-4-12(5-2)15(19)10-17-11-16(20)18-13-6-8-14(21-3)9-7-13/h6-9,12,15,17,19H,4-5,10-11H2,1-3H3,(H,18,20). The molecule has 0 heterocycles. The lowest BCUT2D eigenvalue weighted by molar-refractivity contribution is -0.115. The Morgan fingerprint density at radius 3 is 2.38 bits per heavy atom. The Morgan fingerprint density at radius 2 is 1.86 bits per heavy atom. The van der Waals surface area contributed by atoms with Gasteiger partial charge in [0.2, 0.25) is 5.91 Å². The van der Waals surface area contributed by atoms with Gasteiger partial charge >= 0.3 is 0 Å². The van der Waals surface area contributed by atoms with Crippen molar-refractivity contribution in [2.24, 2.45) is 5.92 Å². The molecule has 1 aromatic carbocycles. The predicted molar refractivity (Wildman–Crippen MR) is 84.6 cm³/mol. The number of carbonyl (C=O) groups excluding carboxylic acids is 1. The second kappa shape index (κ2) is 9.37. The Labute approximate surface area is 126 Å². The van der Waals surface area contributed by atoms with Crippen molar-refractivity contribution in [2.45, 2.75) is 32.8 Å². The normalized spacial score (nSPS) is 12.2. The van der Waals surface area contributed by atoms with E-state index in [2.05, 4.69) is 24.5 Å². The summed E-state index contributed by atoms with van der Waals surface area (Å²) in [5.74, 6) is 0.901. The van der Waals surface area contributed by atoms with E-state index in [4.69, 9.17) is 4.74 Å². The molecule has 1 aromatic rings. The van der Waals surface area contributed by atoms with Crippen LogP contribution in [0.15, 0.2) is 24.3 Å². The maximum atomic E-state index is 11.8. The second-order valence-electron chi connectivity index (χ2n) is 5.05. The molecule has 0 radical (unpaired) electrons. The van der Waals surface area contributed by atoms with Crippen LogP contribution in [-0.2, 0) is 4.79 Å². The third-order valence-electron chi connectivity index (χ3n) is 3.61. The number of carbonyl (C=O) groups is 1. The molecular formula is C16H26N2O3. The van der Waals surface area contributed by atoms with Gasteiger partial charge in [0.1, 0.15) is 5.75 Å². The van der Waals surface area contributed by atoms with Crippen molar-refractivity contribution in [2.75, 3.05) is 25.5 Å². The number of aliphatic hydroxyl groups is 1. The predicted octanol–water partition coefficient (Wildman–Crippen LogP) is 2.02. The number of amides is 1. The van der Waals surface area contributed by atoms with Crippen LogP contribution < -0.4 is 15.4 Å². The van der Waals surface area contributed by atoms with Crippen LogP contribution in [0.4, 0.5) is 5.69 Å². The number of methoxy groups -OCH3 is 1. The number of hydrogen-bond donors (Lipinski definition) is 3. The Kier molecular flexibility index (Phi) is 7.79. The molecule has 0 aliphatic rings. The molecule has 0 saturated carbocycles. The Balaban J connectivity index is 2.30. The fourth-order valence-electron chi connectivity index (χ4n) is 2.21. The van der Waals surface area contributed by atoms with Crippen molar-refractivity contribution < 1.29 is 14.6 Å². The van der Waals surface area contributed by atoms with E-state index >= 15 is 0 Å². The zero-order valence-corrected chi connectivity index (χ0v) is 13.1. The van der Waals surface area contributed by atoms with E-state index in [-0.39, 0.29) is 18.4 Å². The molecule has 118 valence electrons. The smallest absolute Gasteiger partial charge is 0.238 e. The molecule has 0 aliphatic heterocycles. The molecule has 1 unspecified atom stereocenters. The lowest BCUT2D eigenvalue weighted by Crippen LogP contribution is -2.36. The van der Waals surface area contributed by atoms with E-state index < -0.39 is 6.10 Å². The molecule has 1 atom stereocenters. The third kappa shape index (κ3) is 6.14. The zero-order valence-electron chi connectivity index (χ0n) is 13.1. The topological polar surface area (TPSA) is 70.6 Å². The minimum Gasteiger partial charge on any atom is -0.497 e. The fraction of sp³-hybridized carbons (Fsp3) is 0.562. The fourth-order valence-corrected chi connectivity index (χ4v) is 2.21. The van der Waals surface area contributed by atoms with Gasteiger partial charge in [-0.2, -0.15) is 0 Å². The van der Waals surface area contributed by atoms with Gasteiger partial charge in [0.25, 0.3) is 0 Å². The van der Waals surface area contributed by atoms with E-state index in [0.717, 1.165) is 24.3 Å². The molecule has 0 saturated heterocycles. The summed E-state index contributed by atoms with van der Waals surface area (Å²) in [6.45, 7) is 4.74. The molecular weight excluding hydrogens is 268 g/mol. The highest BCUT2D eigenvalue weighted by Gasteiger charge is 2.15. The number of ether oxygens (including phenoxy) is 1. The summed E-state index contributed by atoms with van der Waals surface area (Å²) in [5.41, 5.74) is 0.725. The van der Waals surface area contributed by atoms with Crippen molar-refractivity contribution in [3.63, 3.8) is 0 Å². The molecule has 0 aliphatic carbocycles. The van der Waals surface area contributed by atoms with Crippen LogP contribution in [0.2, 0.25) is 0 Å². The van der Waals surface area contributed by atoms with E-state index in [0.29, 0.717) is 6.54 Å². The summed E-state index contributed by atoms with van der Waals surface area (Å²) in [4.78, 5) is 11.8. The van der Waals surface area contributed by atoms with Gasteiger partial charge in [0, 0.05) is 12.2 Å². The number of benzene rings is 1. The quantitative estimate of drug-likeness (QED) is 0.651. The SMILES string of the molecule is CCC(CC)C(O)CNCC(=O)Nc1ccc(OC)cc1. The van der Waals surface area contributed by atoms with Crippen molar-refractivity contribution in [3.8, 4) is 5.75 Å². The minimum atomic E-state index is -0.409. The van der Waals surface area contributed by atoms with E-state index in [1.165, 1.54) is 0 Å². The molecule has 0 aromatic heterocycles. The highest BCUT2D eigenvalue weighted by atomic mass is 16.5. The van der Waals surface area contributed by atoms with Gasteiger partial charge in [-0.3, -0.25) is 4.79 Å². The van der Waals surface area contributed by atoms with Crippen LogP contribution in [-0.4, -0.2) is 37.3 Å². The van der Waals surface area contributed by atoms with Crippen LogP contribution in [0.5, 0.6) is 5.75 Å². The third-order valence-corrected chi connectivity index (χ3v) is 3.61. The van der Waals surface area contributed by atoms with Gasteiger partial charge in [-0.15, -0.1) is 0 Å². The monoisotopic (exact) mass is 294 g/mol. The van der Waals surface area contributed by atoms with Gasteiger partial charge in [-0.1, -0.05) is 26.7 Å². The summed E-state index contributed by atoms with van der Waals surface area (Å²) in [6.07, 6.45) is 1.48. The maximum absolute atomic E-state index is 11.8. The molecule has 21 heavy (non-hydrogen) atoms. The lowest BCUT2D eigenvalue weighted by Gasteiger charge is -2.20. The van der Waals surface area contributed by atoms with E-state index in [1.54, 1.807) is 31.4 Å². The van der Waals surface area contributed by atoms with Gasteiger partial charge in [-0.05, 0) is 30.2 Å². The molecule has 1 rings (SSSR count). The zero-order chi connectivity index (χ0) is 15.7. The Morgan fingerprint density at radius 1 is 1.24 bits per heavy atom. The van der Waals surface area contributed by atoms with Gasteiger partial charge in [-0.25, -0.2) is 0 Å². The number of rotatable bonds is 9. The van der Waals surface area contributed by atoms with Crippen LogP contribution in [0.3, 0.4) is 0 Å².